The first-order valence-electron chi connectivity index (χ1n) is 11.5. The van der Waals surface area contributed by atoms with Gasteiger partial charge in [0.25, 0.3) is 0 Å². The van der Waals surface area contributed by atoms with Crippen molar-refractivity contribution in [2.75, 3.05) is 14.2 Å². The van der Waals surface area contributed by atoms with E-state index < -0.39 is 0 Å². The molecule has 3 aliphatic carbocycles. The van der Waals surface area contributed by atoms with Gasteiger partial charge in [-0.05, 0) is 90.5 Å². The summed E-state index contributed by atoms with van der Waals surface area (Å²) in [5.74, 6) is 3.96. The molecule has 3 heteroatoms. The van der Waals surface area contributed by atoms with E-state index in [4.69, 9.17) is 14.2 Å². The normalized spacial score (nSPS) is 32.1. The average Bonchev–Trinajstić information content (AvgIpc) is 3.13. The van der Waals surface area contributed by atoms with Gasteiger partial charge in [-0.1, -0.05) is 37.3 Å². The molecule has 0 amide bonds. The van der Waals surface area contributed by atoms with Crippen LogP contribution in [-0.4, -0.2) is 20.3 Å². The third kappa shape index (κ3) is 3.22. The highest BCUT2D eigenvalue weighted by Crippen LogP contribution is 2.61. The first kappa shape index (κ1) is 19.9. The number of rotatable bonds is 5. The molecule has 2 aromatic rings. The van der Waals surface area contributed by atoms with Crippen molar-refractivity contribution in [2.24, 2.45) is 17.3 Å². The van der Waals surface area contributed by atoms with Crippen LogP contribution in [0.15, 0.2) is 42.5 Å². The summed E-state index contributed by atoms with van der Waals surface area (Å²) in [4.78, 5) is 0. The first-order valence-corrected chi connectivity index (χ1v) is 11.5. The summed E-state index contributed by atoms with van der Waals surface area (Å²) in [7, 11) is 3.66. The second-order valence-corrected chi connectivity index (χ2v) is 9.74. The molecule has 2 fully saturated rings. The van der Waals surface area contributed by atoms with E-state index in [-0.39, 0.29) is 0 Å². The molecule has 2 aromatic carbocycles. The smallest absolute Gasteiger partial charge is 0.161 e. The summed E-state index contributed by atoms with van der Waals surface area (Å²) >= 11 is 0. The van der Waals surface area contributed by atoms with Crippen molar-refractivity contribution in [1.82, 2.24) is 0 Å². The Hall–Kier alpha value is -2.00. The molecule has 0 spiro atoms. The minimum atomic E-state index is 0.357. The number of hydrogen-bond acceptors (Lipinski definition) is 3. The van der Waals surface area contributed by atoms with E-state index in [1.807, 2.05) is 13.2 Å². The van der Waals surface area contributed by atoms with E-state index in [2.05, 4.69) is 43.3 Å². The molecule has 160 valence electrons. The predicted molar refractivity (Wildman–Crippen MR) is 119 cm³/mol. The van der Waals surface area contributed by atoms with Gasteiger partial charge in [-0.3, -0.25) is 0 Å². The van der Waals surface area contributed by atoms with Crippen LogP contribution >= 0.6 is 0 Å². The molecule has 5 rings (SSSR count). The molecule has 30 heavy (non-hydrogen) atoms. The fourth-order valence-corrected chi connectivity index (χ4v) is 6.92. The second kappa shape index (κ2) is 7.92. The third-order valence-electron chi connectivity index (χ3n) is 8.44. The maximum atomic E-state index is 6.19. The van der Waals surface area contributed by atoms with Crippen molar-refractivity contribution in [3.63, 3.8) is 0 Å². The van der Waals surface area contributed by atoms with Crippen LogP contribution in [0.4, 0.5) is 0 Å². The van der Waals surface area contributed by atoms with Gasteiger partial charge >= 0.3 is 0 Å². The van der Waals surface area contributed by atoms with Gasteiger partial charge in [-0.2, -0.15) is 0 Å². The van der Waals surface area contributed by atoms with Gasteiger partial charge in [0.2, 0.25) is 0 Å². The topological polar surface area (TPSA) is 27.7 Å². The highest BCUT2D eigenvalue weighted by molar-refractivity contribution is 5.50. The Kier molecular flexibility index (Phi) is 5.26. The van der Waals surface area contributed by atoms with Crippen molar-refractivity contribution in [3.05, 3.63) is 59.2 Å². The van der Waals surface area contributed by atoms with Crippen molar-refractivity contribution in [3.8, 4) is 11.5 Å². The fraction of sp³-hybridized carbons (Fsp3) is 0.556. The van der Waals surface area contributed by atoms with Crippen molar-refractivity contribution >= 4 is 0 Å². The fourth-order valence-electron chi connectivity index (χ4n) is 6.92. The van der Waals surface area contributed by atoms with Gasteiger partial charge in [0.15, 0.2) is 11.5 Å². The number of ether oxygens (including phenoxy) is 3. The molecule has 0 radical (unpaired) electrons. The Labute approximate surface area is 180 Å². The van der Waals surface area contributed by atoms with E-state index in [0.717, 1.165) is 29.8 Å². The highest BCUT2D eigenvalue weighted by Gasteiger charge is 2.55. The number of methoxy groups -OCH3 is 2. The molecule has 0 aliphatic heterocycles. The van der Waals surface area contributed by atoms with Crippen LogP contribution in [0.25, 0.3) is 0 Å². The summed E-state index contributed by atoms with van der Waals surface area (Å²) in [6.07, 6.45) is 7.95. The van der Waals surface area contributed by atoms with Crippen LogP contribution < -0.4 is 9.47 Å². The third-order valence-corrected chi connectivity index (χ3v) is 8.44. The zero-order valence-corrected chi connectivity index (χ0v) is 18.5. The van der Waals surface area contributed by atoms with Crippen LogP contribution in [0.2, 0.25) is 0 Å². The summed E-state index contributed by atoms with van der Waals surface area (Å²) < 4.78 is 17.9. The quantitative estimate of drug-likeness (QED) is 0.596. The van der Waals surface area contributed by atoms with Gasteiger partial charge in [0.1, 0.15) is 6.61 Å². The zero-order valence-electron chi connectivity index (χ0n) is 18.5. The van der Waals surface area contributed by atoms with Gasteiger partial charge in [0.05, 0.1) is 13.2 Å². The zero-order chi connectivity index (χ0) is 20.7. The van der Waals surface area contributed by atoms with Gasteiger partial charge in [-0.25, -0.2) is 0 Å². The molecule has 0 unspecified atom stereocenters. The van der Waals surface area contributed by atoms with E-state index >= 15 is 0 Å². The lowest BCUT2D eigenvalue weighted by atomic mass is 9.55. The molecule has 0 aromatic heterocycles. The molecule has 5 atom stereocenters. The van der Waals surface area contributed by atoms with Crippen molar-refractivity contribution in [1.29, 1.82) is 0 Å². The average molecular weight is 407 g/mol. The lowest BCUT2D eigenvalue weighted by Gasteiger charge is -2.50. The maximum Gasteiger partial charge on any atom is 0.161 e. The lowest BCUT2D eigenvalue weighted by Crippen LogP contribution is -2.44. The Balaban J connectivity index is 1.40. The highest BCUT2D eigenvalue weighted by atomic mass is 16.5. The van der Waals surface area contributed by atoms with Gasteiger partial charge in [0, 0.05) is 7.11 Å². The van der Waals surface area contributed by atoms with Crippen LogP contribution in [0, 0.1) is 17.3 Å². The molecule has 3 nitrogen and oxygen atoms in total. The molecular weight excluding hydrogens is 372 g/mol. The standard InChI is InChI=1S/C27H34O3/c1-27-14-13-20-21(23(27)11-12-26(27)29-3)10-9-19-15-25(24(28-2)16-22(19)20)30-17-18-7-5-4-6-8-18/h4-8,15-16,20-21,23,26H,9-14,17H2,1-3H3/t20-,21+,23-,26-,27-/m0/s1. The number of hydrogen-bond donors (Lipinski definition) is 0. The Morgan fingerprint density at radius 2 is 1.80 bits per heavy atom. The monoisotopic (exact) mass is 406 g/mol. The molecule has 0 N–H and O–H groups in total. The predicted octanol–water partition coefficient (Wildman–Crippen LogP) is 6.15. The Bertz CT molecular complexity index is 892. The molecule has 0 saturated heterocycles. The second-order valence-electron chi connectivity index (χ2n) is 9.74. The maximum absolute atomic E-state index is 6.19. The molecule has 3 aliphatic rings. The molecule has 0 heterocycles. The van der Waals surface area contributed by atoms with E-state index in [0.29, 0.717) is 24.0 Å². The van der Waals surface area contributed by atoms with E-state index in [9.17, 15) is 0 Å². The van der Waals surface area contributed by atoms with Crippen LogP contribution in [0.5, 0.6) is 11.5 Å². The van der Waals surface area contributed by atoms with Gasteiger partial charge < -0.3 is 14.2 Å². The van der Waals surface area contributed by atoms with Crippen molar-refractivity contribution < 1.29 is 14.2 Å². The summed E-state index contributed by atoms with van der Waals surface area (Å²) in [6, 6.07) is 14.9. The largest absolute Gasteiger partial charge is 0.493 e. The minimum absolute atomic E-state index is 0.357. The van der Waals surface area contributed by atoms with E-state index in [1.54, 1.807) is 7.11 Å². The Morgan fingerprint density at radius 3 is 2.57 bits per heavy atom. The number of aryl methyl sites for hydroxylation is 1. The van der Waals surface area contributed by atoms with Crippen LogP contribution in [0.1, 0.15) is 61.6 Å². The molecular formula is C27H34O3. The lowest BCUT2D eigenvalue weighted by molar-refractivity contribution is -0.0444. The SMILES string of the molecule is COc1cc2c(cc1OCc1ccccc1)CC[C@@H]1[C@@H]2CC[C@]2(C)[C@@H](OC)CC[C@@H]12. The number of fused-ring (bicyclic) bond motifs is 5. The molecule has 0 bridgehead atoms. The van der Waals surface area contributed by atoms with Gasteiger partial charge in [-0.15, -0.1) is 0 Å². The molecule has 2 saturated carbocycles. The first-order chi connectivity index (χ1) is 14.6. The Morgan fingerprint density at radius 1 is 0.967 bits per heavy atom. The van der Waals surface area contributed by atoms with Crippen LogP contribution in [0.3, 0.4) is 0 Å². The summed E-state index contributed by atoms with van der Waals surface area (Å²) in [6.45, 7) is 3.06. The van der Waals surface area contributed by atoms with Crippen LogP contribution in [-0.2, 0) is 17.8 Å². The van der Waals surface area contributed by atoms with Crippen molar-refractivity contribution in [2.45, 2.75) is 64.1 Å². The van der Waals surface area contributed by atoms with E-state index in [1.165, 1.54) is 48.8 Å². The number of benzene rings is 2. The summed E-state index contributed by atoms with van der Waals surface area (Å²) in [5.41, 5.74) is 4.51. The summed E-state index contributed by atoms with van der Waals surface area (Å²) in [5, 5.41) is 0. The minimum Gasteiger partial charge on any atom is -0.493 e.